The molecule has 1 N–H and O–H groups in total. The zero-order chi connectivity index (χ0) is 21.3. The van der Waals surface area contributed by atoms with Gasteiger partial charge in [0, 0.05) is 49.5 Å². The van der Waals surface area contributed by atoms with E-state index in [1.165, 1.54) is 32.2 Å². The number of pyridine rings is 1. The molecule has 0 radical (unpaired) electrons. The number of aryl methyl sites for hydroxylation is 1. The summed E-state index contributed by atoms with van der Waals surface area (Å²) in [5, 5.41) is 10.7. The Morgan fingerprint density at radius 1 is 1.03 bits per heavy atom. The number of hydrogen-bond donors (Lipinski definition) is 1. The SMILES string of the molecule is CC(=O)CCC(=O)c1c(O)c2ccc(Oc3cc(F)cc(F)c3)cc2n(C)c1=O. The van der Waals surface area contributed by atoms with Gasteiger partial charge in [-0.15, -0.1) is 0 Å². The van der Waals surface area contributed by atoms with Crippen molar-refractivity contribution in [3.63, 3.8) is 0 Å². The Kier molecular flexibility index (Phi) is 5.45. The topological polar surface area (TPSA) is 85.6 Å². The maximum absolute atomic E-state index is 13.3. The predicted molar refractivity (Wildman–Crippen MR) is 102 cm³/mol. The molecule has 0 aliphatic heterocycles. The van der Waals surface area contributed by atoms with Crippen molar-refractivity contribution in [3.8, 4) is 17.2 Å². The van der Waals surface area contributed by atoms with Crippen LogP contribution in [0.1, 0.15) is 30.1 Å². The molecule has 0 atom stereocenters. The minimum absolute atomic E-state index is 0.0313. The molecular formula is C21H17F2NO5. The number of aromatic nitrogens is 1. The van der Waals surface area contributed by atoms with Crippen LogP contribution in [0.2, 0.25) is 0 Å². The van der Waals surface area contributed by atoms with Crippen LogP contribution in [0.15, 0.2) is 41.2 Å². The van der Waals surface area contributed by atoms with Crippen LogP contribution in [0.5, 0.6) is 17.2 Å². The van der Waals surface area contributed by atoms with Crippen molar-refractivity contribution in [2.45, 2.75) is 19.8 Å². The second kappa shape index (κ2) is 7.83. The predicted octanol–water partition coefficient (Wildman–Crippen LogP) is 3.87. The number of aromatic hydroxyl groups is 1. The van der Waals surface area contributed by atoms with Crippen LogP contribution in [0, 0.1) is 11.6 Å². The van der Waals surface area contributed by atoms with Gasteiger partial charge in [-0.1, -0.05) is 0 Å². The highest BCUT2D eigenvalue weighted by atomic mass is 19.1. The number of halogens is 2. The molecule has 150 valence electrons. The fraction of sp³-hybridized carbons (Fsp3) is 0.190. The van der Waals surface area contributed by atoms with Crippen molar-refractivity contribution in [2.75, 3.05) is 0 Å². The van der Waals surface area contributed by atoms with Crippen LogP contribution in [0.4, 0.5) is 8.78 Å². The van der Waals surface area contributed by atoms with E-state index in [4.69, 9.17) is 4.74 Å². The molecule has 0 unspecified atom stereocenters. The Morgan fingerprint density at radius 3 is 2.31 bits per heavy atom. The number of fused-ring (bicyclic) bond motifs is 1. The average molecular weight is 401 g/mol. The summed E-state index contributed by atoms with van der Waals surface area (Å²) in [6.07, 6.45) is -0.216. The van der Waals surface area contributed by atoms with Crippen LogP contribution in [-0.2, 0) is 11.8 Å². The lowest BCUT2D eigenvalue weighted by Crippen LogP contribution is -2.25. The smallest absolute Gasteiger partial charge is 0.265 e. The summed E-state index contributed by atoms with van der Waals surface area (Å²) in [6.45, 7) is 1.33. The van der Waals surface area contributed by atoms with E-state index in [0.717, 1.165) is 16.7 Å². The van der Waals surface area contributed by atoms with Gasteiger partial charge in [0.25, 0.3) is 5.56 Å². The van der Waals surface area contributed by atoms with Crippen molar-refractivity contribution in [2.24, 2.45) is 7.05 Å². The zero-order valence-electron chi connectivity index (χ0n) is 15.7. The minimum atomic E-state index is -0.806. The Morgan fingerprint density at radius 2 is 1.69 bits per heavy atom. The molecule has 0 amide bonds. The Labute approximate surface area is 164 Å². The van der Waals surface area contributed by atoms with Crippen LogP contribution >= 0.6 is 0 Å². The molecule has 1 aromatic heterocycles. The van der Waals surface area contributed by atoms with Crippen molar-refractivity contribution >= 4 is 22.5 Å². The number of nitrogens with zero attached hydrogens (tertiary/aromatic N) is 1. The quantitative estimate of drug-likeness (QED) is 0.634. The molecule has 3 rings (SSSR count). The number of Topliss-reactive ketones (excluding diaryl/α,β-unsaturated/α-hetero) is 2. The summed E-state index contributed by atoms with van der Waals surface area (Å²) in [5.41, 5.74) is -0.857. The van der Waals surface area contributed by atoms with Gasteiger partial charge in [-0.2, -0.15) is 0 Å². The highest BCUT2D eigenvalue weighted by molar-refractivity contribution is 6.04. The zero-order valence-corrected chi connectivity index (χ0v) is 15.7. The summed E-state index contributed by atoms with van der Waals surface area (Å²) in [4.78, 5) is 36.0. The molecule has 1 heterocycles. The molecule has 0 saturated heterocycles. The lowest BCUT2D eigenvalue weighted by molar-refractivity contribution is -0.116. The molecule has 0 spiro atoms. The first-order valence-electron chi connectivity index (χ1n) is 8.69. The number of carbonyl (C=O) groups excluding carboxylic acids is 2. The summed E-state index contributed by atoms with van der Waals surface area (Å²) in [7, 11) is 1.41. The maximum atomic E-state index is 13.3. The molecule has 0 bridgehead atoms. The molecular weight excluding hydrogens is 384 g/mol. The lowest BCUT2D eigenvalue weighted by atomic mass is 10.0. The Hall–Kier alpha value is -3.55. The normalized spacial score (nSPS) is 10.9. The molecule has 6 nitrogen and oxygen atoms in total. The van der Waals surface area contributed by atoms with Crippen LogP contribution < -0.4 is 10.3 Å². The third-order valence-corrected chi connectivity index (χ3v) is 4.40. The number of ether oxygens (including phenoxy) is 1. The second-order valence-electron chi connectivity index (χ2n) is 6.60. The molecule has 29 heavy (non-hydrogen) atoms. The number of benzene rings is 2. The molecule has 0 aliphatic rings. The van der Waals surface area contributed by atoms with Crippen molar-refractivity contribution in [1.29, 1.82) is 0 Å². The van der Waals surface area contributed by atoms with E-state index < -0.39 is 28.7 Å². The number of ketones is 2. The fourth-order valence-electron chi connectivity index (χ4n) is 2.96. The molecule has 3 aromatic rings. The van der Waals surface area contributed by atoms with Crippen molar-refractivity contribution in [1.82, 2.24) is 4.57 Å². The van der Waals surface area contributed by atoms with Gasteiger partial charge in [0.2, 0.25) is 0 Å². The van der Waals surface area contributed by atoms with E-state index in [-0.39, 0.29) is 46.6 Å². The second-order valence-corrected chi connectivity index (χ2v) is 6.60. The Bertz CT molecular complexity index is 1180. The summed E-state index contributed by atoms with van der Waals surface area (Å²) in [5.74, 6) is -2.83. The first-order valence-corrected chi connectivity index (χ1v) is 8.69. The van der Waals surface area contributed by atoms with Crippen LogP contribution in [-0.4, -0.2) is 21.2 Å². The van der Waals surface area contributed by atoms with Gasteiger partial charge in [0.05, 0.1) is 5.52 Å². The first kappa shape index (κ1) is 20.2. The van der Waals surface area contributed by atoms with E-state index in [1.54, 1.807) is 0 Å². The summed E-state index contributed by atoms with van der Waals surface area (Å²) >= 11 is 0. The van der Waals surface area contributed by atoms with E-state index in [2.05, 4.69) is 0 Å². The van der Waals surface area contributed by atoms with Gasteiger partial charge in [-0.25, -0.2) is 8.78 Å². The first-order chi connectivity index (χ1) is 13.7. The highest BCUT2D eigenvalue weighted by Crippen LogP contribution is 2.32. The number of rotatable bonds is 6. The lowest BCUT2D eigenvalue weighted by Gasteiger charge is -2.13. The molecule has 0 saturated carbocycles. The summed E-state index contributed by atoms with van der Waals surface area (Å²) < 4.78 is 33.3. The summed E-state index contributed by atoms with van der Waals surface area (Å²) in [6, 6.07) is 6.97. The Balaban J connectivity index is 2.05. The van der Waals surface area contributed by atoms with Gasteiger partial charge in [0.1, 0.15) is 40.2 Å². The monoisotopic (exact) mass is 401 g/mol. The van der Waals surface area contributed by atoms with Crippen LogP contribution in [0.25, 0.3) is 10.9 Å². The van der Waals surface area contributed by atoms with Gasteiger partial charge in [0.15, 0.2) is 5.78 Å². The molecule has 2 aromatic carbocycles. The average Bonchev–Trinajstić information content (AvgIpc) is 2.64. The van der Waals surface area contributed by atoms with E-state index in [0.29, 0.717) is 6.07 Å². The third-order valence-electron chi connectivity index (χ3n) is 4.40. The molecule has 0 fully saturated rings. The molecule has 8 heteroatoms. The van der Waals surface area contributed by atoms with Gasteiger partial charge < -0.3 is 19.2 Å². The number of carbonyl (C=O) groups is 2. The van der Waals surface area contributed by atoms with Crippen LogP contribution in [0.3, 0.4) is 0 Å². The van der Waals surface area contributed by atoms with E-state index in [9.17, 15) is 28.3 Å². The van der Waals surface area contributed by atoms with Gasteiger partial charge in [-0.3, -0.25) is 9.59 Å². The largest absolute Gasteiger partial charge is 0.506 e. The van der Waals surface area contributed by atoms with Gasteiger partial charge in [-0.05, 0) is 19.1 Å². The third kappa shape index (κ3) is 4.16. The standard InChI is InChI=1S/C21H17F2NO5/c1-11(25)3-6-18(26)19-20(27)16-5-4-14(10-17(16)24(2)21(19)28)29-15-8-12(22)7-13(23)9-15/h4-5,7-10,27H,3,6H2,1-2H3. The number of hydrogen-bond acceptors (Lipinski definition) is 5. The minimum Gasteiger partial charge on any atom is -0.506 e. The fourth-order valence-corrected chi connectivity index (χ4v) is 2.96. The maximum Gasteiger partial charge on any atom is 0.265 e. The van der Waals surface area contributed by atoms with E-state index in [1.807, 2.05) is 0 Å². The van der Waals surface area contributed by atoms with E-state index >= 15 is 0 Å². The van der Waals surface area contributed by atoms with Gasteiger partial charge >= 0.3 is 0 Å². The van der Waals surface area contributed by atoms with Crippen molar-refractivity contribution in [3.05, 3.63) is 63.9 Å². The molecule has 0 aliphatic carbocycles. The highest BCUT2D eigenvalue weighted by Gasteiger charge is 2.21. The van der Waals surface area contributed by atoms with Crippen molar-refractivity contribution < 1.29 is 28.2 Å².